The van der Waals surface area contributed by atoms with Crippen molar-refractivity contribution in [2.75, 3.05) is 0 Å². The first-order chi connectivity index (χ1) is 35.0. The number of hydrogen-bond acceptors (Lipinski definition) is 1. The van der Waals surface area contributed by atoms with Crippen LogP contribution in [-0.4, -0.2) is 220 Å². The molecule has 1 heterocycles. The van der Waals surface area contributed by atoms with E-state index in [1.165, 1.54) is 240 Å². The Bertz CT molecular complexity index is 4330. The summed E-state index contributed by atoms with van der Waals surface area (Å²) in [6, 6.07) is 0. The van der Waals surface area contributed by atoms with Crippen molar-refractivity contribution in [2.24, 2.45) is 0 Å². The fourth-order valence-electron chi connectivity index (χ4n) is 15.1. The average molecular weight is 928 g/mol. The van der Waals surface area contributed by atoms with Gasteiger partial charge >= 0.3 is 0 Å². The lowest BCUT2D eigenvalue weighted by Crippen LogP contribution is -2.56. The van der Waals surface area contributed by atoms with Crippen LogP contribution in [0, 0.1) is 0 Å². The SMILES string of the molecule is Bc1c(B)c(B)c(-c2c(B)c(-c3c4c(B)c(B)c(B)c(B)c4c(-c4c(B)c(B)c5oc6c(B)c(B)c7c(B)c(B)c(B)c(B)c7c6c5c4B)c4c(B)c(B)c(B)c(B)c34)c3c(B)c(B)c(B)c(B)c3c2B)c(B)c1B. The Hall–Kier alpha value is -4.36. The predicted octanol–water partition coefficient (Wildman–Crippen LogP) is -35.6. The van der Waals surface area contributed by atoms with E-state index in [0.29, 0.717) is 0 Å². The van der Waals surface area contributed by atoms with Gasteiger partial charge in [-0.25, -0.2) is 0 Å². The van der Waals surface area contributed by atoms with Crippen molar-refractivity contribution in [3.05, 3.63) is 0 Å². The molecule has 0 aliphatic heterocycles. The van der Waals surface area contributed by atoms with E-state index in [9.17, 15) is 0 Å². The van der Waals surface area contributed by atoms with E-state index in [1.54, 1.807) is 0 Å². The van der Waals surface area contributed by atoms with Gasteiger partial charge in [-0.2, -0.15) is 0 Å². The standard InChI is InChI=1S/C46H56B28O/c47-17-3(8-12(26(56)38(68)36(66)24(8)54)18(48)14(17)15-28(58)40(70)42(72)41(71)29(15)59)1-4-6(22(52)34(64)32(62)20(4)50)2(7-5(1)21(51)33(63)35(65)23(7)53)11-19(49)16-10-9-13(27(57)39(69)37(67)25(9)55)31(61)43(73)45(10)75-46(16)44(74)30(11)60/h47-74H2. The highest BCUT2D eigenvalue weighted by atomic mass is 16.3. The molecule has 0 radical (unpaired) electrons. The van der Waals surface area contributed by atoms with Crippen molar-refractivity contribution < 1.29 is 4.42 Å². The Kier molecular flexibility index (Phi) is 13.0. The fourth-order valence-corrected chi connectivity index (χ4v) is 15.1. The summed E-state index contributed by atoms with van der Waals surface area (Å²) in [5.41, 5.74) is 48.6. The molecule has 0 fully saturated rings. The lowest BCUT2D eigenvalue weighted by atomic mass is 9.55. The minimum atomic E-state index is 1.03. The van der Waals surface area contributed by atoms with E-state index in [1.807, 2.05) is 0 Å². The topological polar surface area (TPSA) is 13.1 Å². The Morgan fingerprint density at radius 3 is 0.733 bits per heavy atom. The third-order valence-corrected chi connectivity index (χ3v) is 21.7. The summed E-state index contributed by atoms with van der Waals surface area (Å²) < 4.78 is 7.32. The van der Waals surface area contributed by atoms with Crippen LogP contribution in [0.1, 0.15) is 0 Å². The highest BCUT2D eigenvalue weighted by molar-refractivity contribution is 6.78. The van der Waals surface area contributed by atoms with Crippen LogP contribution in [0.3, 0.4) is 0 Å². The molecule has 29 heteroatoms. The lowest BCUT2D eigenvalue weighted by molar-refractivity contribution is 0.675. The molecule has 1 nitrogen and oxygen atoms in total. The molecule has 0 saturated heterocycles. The molecule has 9 aromatic carbocycles. The Morgan fingerprint density at radius 2 is 0.333 bits per heavy atom. The van der Waals surface area contributed by atoms with Crippen LogP contribution in [0.5, 0.6) is 0 Å². The Balaban J connectivity index is 1.57. The maximum absolute atomic E-state index is 7.32. The maximum Gasteiger partial charge on any atom is 0.143 e. The van der Waals surface area contributed by atoms with Gasteiger partial charge in [-0.15, -0.1) is 60.1 Å². The van der Waals surface area contributed by atoms with Crippen LogP contribution in [0.25, 0.3) is 98.4 Å². The molecule has 0 aliphatic rings. The molecule has 0 saturated carbocycles. The second kappa shape index (κ2) is 18.1. The van der Waals surface area contributed by atoms with Crippen LogP contribution in [0.4, 0.5) is 0 Å². The number of rotatable bonds is 3. The van der Waals surface area contributed by atoms with Gasteiger partial charge in [-0.1, -0.05) is 92.9 Å². The smallest absolute Gasteiger partial charge is 0.143 e. The molecule has 0 unspecified atom stereocenters. The summed E-state index contributed by atoms with van der Waals surface area (Å²) in [5, 5.41) is 13.7. The summed E-state index contributed by atoms with van der Waals surface area (Å²) >= 11 is 0. The van der Waals surface area contributed by atoms with Gasteiger partial charge in [0.15, 0.2) is 0 Å². The molecular weight excluding hydrogens is 871 g/mol. The van der Waals surface area contributed by atoms with Gasteiger partial charge in [0.2, 0.25) is 0 Å². The molecule has 10 aromatic rings. The lowest BCUT2D eigenvalue weighted by Gasteiger charge is -2.33. The summed E-state index contributed by atoms with van der Waals surface area (Å²) in [6.45, 7) is 0. The third kappa shape index (κ3) is 6.85. The molecule has 0 N–H and O–H groups in total. The van der Waals surface area contributed by atoms with Crippen LogP contribution in [0.15, 0.2) is 4.42 Å². The van der Waals surface area contributed by atoms with Gasteiger partial charge in [0.1, 0.15) is 231 Å². The summed E-state index contributed by atoms with van der Waals surface area (Å²) in [7, 11) is 66.6. The van der Waals surface area contributed by atoms with Crippen LogP contribution in [0.2, 0.25) is 0 Å². The highest BCUT2D eigenvalue weighted by Crippen LogP contribution is 2.42. The predicted molar refractivity (Wildman–Crippen MR) is 429 cm³/mol. The van der Waals surface area contributed by atoms with Crippen LogP contribution < -0.4 is 153 Å². The minimum absolute atomic E-state index is 1.03. The second-order valence-electron chi connectivity index (χ2n) is 24.3. The number of benzene rings is 9. The van der Waals surface area contributed by atoms with Crippen molar-refractivity contribution in [1.29, 1.82) is 0 Å². The van der Waals surface area contributed by atoms with Crippen molar-refractivity contribution in [1.82, 2.24) is 0 Å². The van der Waals surface area contributed by atoms with Gasteiger partial charge in [-0.3, -0.25) is 0 Å². The van der Waals surface area contributed by atoms with Gasteiger partial charge < -0.3 is 4.42 Å². The van der Waals surface area contributed by atoms with Crippen LogP contribution >= 0.6 is 0 Å². The van der Waals surface area contributed by atoms with Gasteiger partial charge in [-0.05, 0) is 76.5 Å². The summed E-state index contributed by atoms with van der Waals surface area (Å²) in [5.74, 6) is 0. The van der Waals surface area contributed by atoms with Crippen molar-refractivity contribution in [2.45, 2.75) is 0 Å². The Morgan fingerprint density at radius 1 is 0.120 bits per heavy atom. The second-order valence-corrected chi connectivity index (χ2v) is 24.3. The fraction of sp³-hybridized carbons (Fsp3) is 0. The first-order valence-electron chi connectivity index (χ1n) is 27.9. The number of fused-ring (bicyclic) bond motifs is 8. The van der Waals surface area contributed by atoms with E-state index in [4.69, 9.17) is 4.42 Å². The highest BCUT2D eigenvalue weighted by Gasteiger charge is 2.33. The molecule has 1 aromatic heterocycles. The quantitative estimate of drug-likeness (QED) is 0.127. The van der Waals surface area contributed by atoms with Crippen molar-refractivity contribution in [3.8, 4) is 33.4 Å². The average Bonchev–Trinajstić information content (AvgIpc) is 3.79. The van der Waals surface area contributed by atoms with E-state index in [-0.39, 0.29) is 0 Å². The molecule has 330 valence electrons. The van der Waals surface area contributed by atoms with Gasteiger partial charge in [0.25, 0.3) is 0 Å². The largest absolute Gasteiger partial charge is 0.457 e. The monoisotopic (exact) mass is 933 g/mol. The number of hydrogen-bond donors (Lipinski definition) is 0. The normalized spacial score (nSPS) is 11.9. The maximum atomic E-state index is 7.32. The zero-order chi connectivity index (χ0) is 55.3. The summed E-state index contributed by atoms with van der Waals surface area (Å²) in [4.78, 5) is 0. The molecule has 0 amide bonds. The molecule has 0 spiro atoms. The van der Waals surface area contributed by atoms with Gasteiger partial charge in [0, 0.05) is 10.8 Å². The molecule has 75 heavy (non-hydrogen) atoms. The minimum Gasteiger partial charge on any atom is -0.457 e. The zero-order valence-electron chi connectivity index (χ0n) is 51.4. The zero-order valence-corrected chi connectivity index (χ0v) is 51.4. The first-order valence-corrected chi connectivity index (χ1v) is 27.9. The third-order valence-electron chi connectivity index (χ3n) is 21.7. The van der Waals surface area contributed by atoms with E-state index in [0.717, 1.165) is 11.2 Å². The molecular formula is C46H56B28O. The van der Waals surface area contributed by atoms with E-state index in [2.05, 4.69) is 220 Å². The van der Waals surface area contributed by atoms with Crippen molar-refractivity contribution in [3.63, 3.8) is 0 Å². The van der Waals surface area contributed by atoms with E-state index < -0.39 is 0 Å². The first kappa shape index (κ1) is 54.0. The molecule has 10 rings (SSSR count). The molecule has 0 bridgehead atoms. The van der Waals surface area contributed by atoms with Gasteiger partial charge in [0.05, 0.1) is 0 Å². The van der Waals surface area contributed by atoms with Crippen LogP contribution in [-0.2, 0) is 0 Å². The number of furan rings is 1. The summed E-state index contributed by atoms with van der Waals surface area (Å²) in [6.07, 6.45) is 0. The van der Waals surface area contributed by atoms with E-state index >= 15 is 0 Å². The molecule has 0 atom stereocenters. The Labute approximate surface area is 472 Å². The molecule has 0 aliphatic carbocycles. The van der Waals surface area contributed by atoms with Crippen molar-refractivity contribution >= 4 is 438 Å².